The zero-order chi connectivity index (χ0) is 10.6. The Balaban J connectivity index is 1.83. The number of aromatic nitrogens is 2. The molecule has 1 spiro atoms. The molecule has 3 heteroatoms. The number of aromatic amines is 1. The summed E-state index contributed by atoms with van der Waals surface area (Å²) in [6, 6.07) is 0. The Hall–Kier alpha value is -0.830. The standard InChI is InChI=1S/C13H19N3/c1-3-10-4-2-9(1)7-13(10)12-11(5-6-16-13)14-8-15-12/h8-10,16H,1-7H2,(H,14,15). The van der Waals surface area contributed by atoms with Gasteiger partial charge in [0.1, 0.15) is 0 Å². The van der Waals surface area contributed by atoms with Gasteiger partial charge in [-0.05, 0) is 31.1 Å². The monoisotopic (exact) mass is 217 g/mol. The van der Waals surface area contributed by atoms with Crippen molar-refractivity contribution in [3.05, 3.63) is 17.7 Å². The van der Waals surface area contributed by atoms with Gasteiger partial charge in [-0.15, -0.1) is 0 Å². The number of hydrogen-bond donors (Lipinski definition) is 2. The van der Waals surface area contributed by atoms with Crippen molar-refractivity contribution in [2.24, 2.45) is 11.8 Å². The Morgan fingerprint density at radius 2 is 2.12 bits per heavy atom. The first kappa shape index (κ1) is 9.23. The van der Waals surface area contributed by atoms with E-state index in [2.05, 4.69) is 15.3 Å². The number of nitrogens with zero attached hydrogens (tertiary/aromatic N) is 1. The highest BCUT2D eigenvalue weighted by atomic mass is 15.1. The Bertz CT molecular complexity index is 403. The van der Waals surface area contributed by atoms with E-state index in [1.54, 1.807) is 0 Å². The molecule has 3 aliphatic carbocycles. The van der Waals surface area contributed by atoms with Crippen molar-refractivity contribution >= 4 is 0 Å². The van der Waals surface area contributed by atoms with E-state index in [0.717, 1.165) is 24.8 Å². The molecule has 0 saturated heterocycles. The SMILES string of the molecule is c1nc2c([nH]1)CCNC21CC2CCC1CC2. The molecule has 1 atom stereocenters. The van der Waals surface area contributed by atoms with Gasteiger partial charge in [0, 0.05) is 18.7 Å². The fraction of sp³-hybridized carbons (Fsp3) is 0.769. The molecule has 3 fully saturated rings. The predicted octanol–water partition coefficient (Wildman–Crippen LogP) is 1.96. The molecular formula is C13H19N3. The molecule has 1 aromatic heterocycles. The highest BCUT2D eigenvalue weighted by Crippen LogP contribution is 2.53. The number of imidazole rings is 1. The third-order valence-electron chi connectivity index (χ3n) is 5.11. The van der Waals surface area contributed by atoms with Crippen LogP contribution in [0.5, 0.6) is 0 Å². The van der Waals surface area contributed by atoms with Crippen LogP contribution in [0, 0.1) is 11.8 Å². The first-order chi connectivity index (χ1) is 7.88. The predicted molar refractivity (Wildman–Crippen MR) is 62.0 cm³/mol. The Morgan fingerprint density at radius 3 is 2.88 bits per heavy atom. The van der Waals surface area contributed by atoms with Gasteiger partial charge >= 0.3 is 0 Å². The molecule has 3 nitrogen and oxygen atoms in total. The molecule has 3 saturated carbocycles. The van der Waals surface area contributed by atoms with Gasteiger partial charge in [0.25, 0.3) is 0 Å². The topological polar surface area (TPSA) is 40.7 Å². The summed E-state index contributed by atoms with van der Waals surface area (Å²) in [5, 5.41) is 3.83. The molecule has 16 heavy (non-hydrogen) atoms. The zero-order valence-electron chi connectivity index (χ0n) is 9.63. The molecule has 2 N–H and O–H groups in total. The van der Waals surface area contributed by atoms with Crippen LogP contribution < -0.4 is 5.32 Å². The van der Waals surface area contributed by atoms with Gasteiger partial charge in [0.05, 0.1) is 17.6 Å². The second kappa shape index (κ2) is 3.10. The van der Waals surface area contributed by atoms with E-state index in [9.17, 15) is 0 Å². The van der Waals surface area contributed by atoms with Crippen LogP contribution >= 0.6 is 0 Å². The fourth-order valence-electron chi connectivity index (χ4n) is 4.38. The smallest absolute Gasteiger partial charge is 0.0926 e. The van der Waals surface area contributed by atoms with Gasteiger partial charge in [-0.1, -0.05) is 12.8 Å². The fourth-order valence-corrected chi connectivity index (χ4v) is 4.38. The summed E-state index contributed by atoms with van der Waals surface area (Å²) in [5.74, 6) is 1.78. The van der Waals surface area contributed by atoms with Crippen molar-refractivity contribution in [2.75, 3.05) is 6.54 Å². The van der Waals surface area contributed by atoms with Gasteiger partial charge in [-0.2, -0.15) is 0 Å². The number of H-pyrrole nitrogens is 1. The number of hydrogen-bond acceptors (Lipinski definition) is 2. The van der Waals surface area contributed by atoms with E-state index >= 15 is 0 Å². The maximum Gasteiger partial charge on any atom is 0.0926 e. The van der Waals surface area contributed by atoms with Crippen molar-refractivity contribution in [1.29, 1.82) is 0 Å². The van der Waals surface area contributed by atoms with Gasteiger partial charge < -0.3 is 10.3 Å². The lowest BCUT2D eigenvalue weighted by Gasteiger charge is -2.53. The van der Waals surface area contributed by atoms with Crippen molar-refractivity contribution in [3.8, 4) is 0 Å². The molecule has 5 rings (SSSR count). The van der Waals surface area contributed by atoms with Crippen LogP contribution in [-0.4, -0.2) is 16.5 Å². The third kappa shape index (κ3) is 1.05. The van der Waals surface area contributed by atoms with Gasteiger partial charge in [0.2, 0.25) is 0 Å². The summed E-state index contributed by atoms with van der Waals surface area (Å²) in [7, 11) is 0. The highest BCUT2D eigenvalue weighted by molar-refractivity contribution is 5.28. The molecule has 86 valence electrons. The third-order valence-corrected chi connectivity index (χ3v) is 5.11. The number of fused-ring (bicyclic) bond motifs is 3. The molecule has 1 aromatic rings. The Labute approximate surface area is 96.0 Å². The maximum absolute atomic E-state index is 4.63. The summed E-state index contributed by atoms with van der Waals surface area (Å²) in [6.45, 7) is 1.12. The summed E-state index contributed by atoms with van der Waals surface area (Å²) in [5.41, 5.74) is 2.99. The van der Waals surface area contributed by atoms with Crippen LogP contribution in [0.4, 0.5) is 0 Å². The number of nitrogens with one attached hydrogen (secondary N) is 2. The van der Waals surface area contributed by atoms with Gasteiger partial charge in [-0.3, -0.25) is 0 Å². The van der Waals surface area contributed by atoms with Crippen LogP contribution in [0.1, 0.15) is 43.5 Å². The van der Waals surface area contributed by atoms with E-state index in [-0.39, 0.29) is 5.54 Å². The minimum atomic E-state index is 0.245. The normalized spacial score (nSPS) is 41.2. The zero-order valence-corrected chi connectivity index (χ0v) is 9.63. The van der Waals surface area contributed by atoms with E-state index < -0.39 is 0 Å². The van der Waals surface area contributed by atoms with Crippen LogP contribution in [0.25, 0.3) is 0 Å². The average Bonchev–Trinajstić information content (AvgIpc) is 2.80. The minimum absolute atomic E-state index is 0.245. The second-order valence-corrected chi connectivity index (χ2v) is 5.80. The van der Waals surface area contributed by atoms with Gasteiger partial charge in [-0.25, -0.2) is 4.98 Å². The molecule has 1 unspecified atom stereocenters. The quantitative estimate of drug-likeness (QED) is 0.697. The summed E-state index contributed by atoms with van der Waals surface area (Å²) >= 11 is 0. The van der Waals surface area contributed by atoms with Gasteiger partial charge in [0.15, 0.2) is 0 Å². The summed E-state index contributed by atoms with van der Waals surface area (Å²) in [6.07, 6.45) is 10.1. The largest absolute Gasteiger partial charge is 0.348 e. The molecule has 2 heterocycles. The molecule has 1 aliphatic heterocycles. The average molecular weight is 217 g/mol. The van der Waals surface area contributed by atoms with Crippen LogP contribution in [0.2, 0.25) is 0 Å². The summed E-state index contributed by atoms with van der Waals surface area (Å²) in [4.78, 5) is 7.97. The number of rotatable bonds is 0. The molecule has 4 aliphatic rings. The molecule has 0 amide bonds. The molecule has 0 radical (unpaired) electrons. The maximum atomic E-state index is 4.63. The van der Waals surface area contributed by atoms with E-state index in [1.807, 2.05) is 6.33 Å². The van der Waals surface area contributed by atoms with Crippen molar-refractivity contribution < 1.29 is 0 Å². The van der Waals surface area contributed by atoms with E-state index in [4.69, 9.17) is 0 Å². The molecule has 0 aromatic carbocycles. The van der Waals surface area contributed by atoms with Crippen molar-refractivity contribution in [1.82, 2.24) is 15.3 Å². The highest BCUT2D eigenvalue weighted by Gasteiger charge is 2.51. The Kier molecular flexibility index (Phi) is 1.79. The second-order valence-electron chi connectivity index (χ2n) is 5.80. The van der Waals surface area contributed by atoms with Crippen molar-refractivity contribution in [3.63, 3.8) is 0 Å². The Morgan fingerprint density at radius 1 is 1.25 bits per heavy atom. The first-order valence-electron chi connectivity index (χ1n) is 6.66. The van der Waals surface area contributed by atoms with Crippen LogP contribution in [0.15, 0.2) is 6.33 Å². The van der Waals surface area contributed by atoms with Crippen LogP contribution in [-0.2, 0) is 12.0 Å². The first-order valence-corrected chi connectivity index (χ1v) is 6.66. The molecule has 2 bridgehead atoms. The minimum Gasteiger partial charge on any atom is -0.348 e. The van der Waals surface area contributed by atoms with E-state index in [1.165, 1.54) is 43.5 Å². The van der Waals surface area contributed by atoms with Crippen LogP contribution in [0.3, 0.4) is 0 Å². The molecular weight excluding hydrogens is 198 g/mol. The lowest BCUT2D eigenvalue weighted by Crippen LogP contribution is -2.57. The lowest BCUT2D eigenvalue weighted by atomic mass is 9.58. The summed E-state index contributed by atoms with van der Waals surface area (Å²) < 4.78 is 0. The van der Waals surface area contributed by atoms with E-state index in [0.29, 0.717) is 0 Å². The lowest BCUT2D eigenvalue weighted by molar-refractivity contribution is 0.0309. The van der Waals surface area contributed by atoms with Crippen molar-refractivity contribution in [2.45, 2.75) is 44.1 Å².